The maximum Gasteiger partial charge on any atom is 0.329 e. The molecule has 1 fully saturated rings. The molecule has 3 aromatic rings. The maximum atomic E-state index is 12.6. The number of aromatic nitrogens is 6. The first-order valence-corrected chi connectivity index (χ1v) is 9.56. The van der Waals surface area contributed by atoms with Gasteiger partial charge in [-0.25, -0.2) is 4.79 Å². The molecule has 144 valence electrons. The molecule has 0 atom stereocenters. The van der Waals surface area contributed by atoms with E-state index in [1.807, 2.05) is 16.7 Å². The Balaban J connectivity index is 1.61. The molecule has 0 amide bonds. The summed E-state index contributed by atoms with van der Waals surface area (Å²) in [5.41, 5.74) is 4.97. The summed E-state index contributed by atoms with van der Waals surface area (Å²) in [6.07, 6.45) is 5.43. The fraction of sp³-hybridized carbons (Fsp3) is 0.294. The maximum absolute atomic E-state index is 12.6. The lowest BCUT2D eigenvalue weighted by Crippen LogP contribution is -2.35. The number of hydrogen-bond acceptors (Lipinski definition) is 8. The van der Waals surface area contributed by atoms with Crippen LogP contribution in [0.4, 0.5) is 5.82 Å². The van der Waals surface area contributed by atoms with Crippen molar-refractivity contribution in [3.8, 4) is 11.4 Å². The summed E-state index contributed by atoms with van der Waals surface area (Å²) in [6, 6.07) is 4.01. The van der Waals surface area contributed by atoms with Gasteiger partial charge in [0.1, 0.15) is 11.4 Å². The van der Waals surface area contributed by atoms with Crippen LogP contribution in [0.5, 0.6) is 0 Å². The van der Waals surface area contributed by atoms with E-state index < -0.39 is 17.0 Å². The van der Waals surface area contributed by atoms with E-state index in [2.05, 4.69) is 20.2 Å². The van der Waals surface area contributed by atoms with E-state index in [9.17, 15) is 14.4 Å². The number of anilines is 1. The Morgan fingerprint density at radius 3 is 2.82 bits per heavy atom. The summed E-state index contributed by atoms with van der Waals surface area (Å²) in [5.74, 6) is 0.0142. The molecule has 0 bridgehead atoms. The van der Waals surface area contributed by atoms with Gasteiger partial charge in [0.15, 0.2) is 16.8 Å². The largest absolute Gasteiger partial charge is 0.384 e. The van der Waals surface area contributed by atoms with Crippen LogP contribution in [-0.4, -0.2) is 40.8 Å². The van der Waals surface area contributed by atoms with Crippen molar-refractivity contribution in [2.75, 3.05) is 11.5 Å². The lowest BCUT2D eigenvalue weighted by molar-refractivity contribution is 0.102. The number of hydrogen-bond donors (Lipinski definition) is 2. The molecule has 3 aromatic heterocycles. The third kappa shape index (κ3) is 3.24. The van der Waals surface area contributed by atoms with E-state index in [4.69, 9.17) is 5.73 Å². The third-order valence-corrected chi connectivity index (χ3v) is 5.42. The van der Waals surface area contributed by atoms with Crippen molar-refractivity contribution in [3.63, 3.8) is 0 Å². The van der Waals surface area contributed by atoms with E-state index >= 15 is 0 Å². The number of pyridine rings is 1. The number of aromatic amines is 1. The average Bonchev–Trinajstić information content (AvgIpc) is 3.44. The predicted octanol–water partition coefficient (Wildman–Crippen LogP) is 0.619. The van der Waals surface area contributed by atoms with Gasteiger partial charge in [-0.15, -0.1) is 10.2 Å². The van der Waals surface area contributed by atoms with E-state index in [1.54, 1.807) is 12.4 Å². The molecule has 0 spiro atoms. The quantitative estimate of drug-likeness (QED) is 0.454. The molecular formula is C17H17N7O3S. The number of carbonyl (C=O) groups excluding carboxylic acids is 1. The normalized spacial score (nSPS) is 13.6. The molecule has 1 aliphatic carbocycles. The van der Waals surface area contributed by atoms with Gasteiger partial charge >= 0.3 is 5.69 Å². The number of nitrogens with one attached hydrogen (secondary N) is 1. The smallest absolute Gasteiger partial charge is 0.329 e. The minimum Gasteiger partial charge on any atom is -0.384 e. The monoisotopic (exact) mass is 399 g/mol. The molecular weight excluding hydrogens is 382 g/mol. The zero-order chi connectivity index (χ0) is 19.8. The van der Waals surface area contributed by atoms with Crippen LogP contribution in [0.1, 0.15) is 29.2 Å². The third-order valence-electron chi connectivity index (χ3n) is 4.48. The first-order chi connectivity index (χ1) is 13.5. The van der Waals surface area contributed by atoms with Crippen LogP contribution >= 0.6 is 11.8 Å². The SMILES string of the molecule is Cn1c(N)c(C(=O)CSc2nnc(-c3cccnc3)n2C2CC2)c(=O)[nH]c1=O. The van der Waals surface area contributed by atoms with Gasteiger partial charge in [0.2, 0.25) is 0 Å². The Kier molecular flexibility index (Phi) is 4.59. The fourth-order valence-electron chi connectivity index (χ4n) is 2.84. The van der Waals surface area contributed by atoms with Crippen LogP contribution < -0.4 is 17.0 Å². The molecule has 3 N–H and O–H groups in total. The Morgan fingerprint density at radius 1 is 1.36 bits per heavy atom. The molecule has 0 unspecified atom stereocenters. The van der Waals surface area contributed by atoms with Crippen LogP contribution in [0.25, 0.3) is 11.4 Å². The fourth-order valence-corrected chi connectivity index (χ4v) is 3.72. The molecule has 10 nitrogen and oxygen atoms in total. The standard InChI is InChI=1S/C17H17N7O3S/c1-23-13(18)12(15(26)20-16(23)27)11(25)8-28-17-22-21-14(24(17)10-4-5-10)9-3-2-6-19-7-9/h2-3,6-7,10H,4-5,8,18H2,1H3,(H,20,26,27). The molecule has 3 heterocycles. The van der Waals surface area contributed by atoms with Crippen molar-refractivity contribution in [2.24, 2.45) is 7.05 Å². The highest BCUT2D eigenvalue weighted by Gasteiger charge is 2.30. The molecule has 1 aliphatic rings. The lowest BCUT2D eigenvalue weighted by Gasteiger charge is -2.09. The summed E-state index contributed by atoms with van der Waals surface area (Å²) in [7, 11) is 1.39. The van der Waals surface area contributed by atoms with E-state index in [0.29, 0.717) is 11.0 Å². The molecule has 1 saturated carbocycles. The number of carbonyl (C=O) groups is 1. The van der Waals surface area contributed by atoms with Gasteiger partial charge in [0.05, 0.1) is 5.75 Å². The van der Waals surface area contributed by atoms with Crippen molar-refractivity contribution in [1.82, 2.24) is 29.3 Å². The highest BCUT2D eigenvalue weighted by Crippen LogP contribution is 2.41. The van der Waals surface area contributed by atoms with E-state index in [0.717, 1.165) is 23.0 Å². The first kappa shape index (κ1) is 18.2. The predicted molar refractivity (Wildman–Crippen MR) is 103 cm³/mol. The van der Waals surface area contributed by atoms with Crippen LogP contribution in [0, 0.1) is 0 Å². The molecule has 4 rings (SSSR count). The topological polar surface area (TPSA) is 142 Å². The highest BCUT2D eigenvalue weighted by atomic mass is 32.2. The summed E-state index contributed by atoms with van der Waals surface area (Å²) in [4.78, 5) is 42.4. The average molecular weight is 399 g/mol. The number of rotatable bonds is 6. The molecule has 0 radical (unpaired) electrons. The number of nitrogens with zero attached hydrogens (tertiary/aromatic N) is 5. The Labute approximate surface area is 162 Å². The van der Waals surface area contributed by atoms with E-state index in [1.165, 1.54) is 18.8 Å². The van der Waals surface area contributed by atoms with Gasteiger partial charge in [-0.3, -0.25) is 28.7 Å². The molecule has 0 aliphatic heterocycles. The van der Waals surface area contributed by atoms with Crippen LogP contribution in [0.3, 0.4) is 0 Å². The zero-order valence-electron chi connectivity index (χ0n) is 15.0. The van der Waals surface area contributed by atoms with Crippen molar-refractivity contribution >= 4 is 23.4 Å². The Morgan fingerprint density at radius 2 is 2.14 bits per heavy atom. The Hall–Kier alpha value is -3.21. The zero-order valence-corrected chi connectivity index (χ0v) is 15.8. The lowest BCUT2D eigenvalue weighted by atomic mass is 10.2. The molecule has 0 aromatic carbocycles. The van der Waals surface area contributed by atoms with Crippen LogP contribution in [-0.2, 0) is 7.05 Å². The van der Waals surface area contributed by atoms with Crippen molar-refractivity contribution in [1.29, 1.82) is 0 Å². The van der Waals surface area contributed by atoms with Crippen LogP contribution in [0.2, 0.25) is 0 Å². The summed E-state index contributed by atoms with van der Waals surface area (Å²) < 4.78 is 3.04. The number of nitrogen functional groups attached to an aromatic ring is 1. The van der Waals surface area contributed by atoms with Crippen molar-refractivity contribution in [2.45, 2.75) is 24.0 Å². The number of Topliss-reactive ketones (excluding diaryl/α,β-unsaturated/α-hetero) is 1. The van der Waals surface area contributed by atoms with Crippen LogP contribution in [0.15, 0.2) is 39.3 Å². The number of thioether (sulfide) groups is 1. The highest BCUT2D eigenvalue weighted by molar-refractivity contribution is 7.99. The summed E-state index contributed by atoms with van der Waals surface area (Å²) in [5, 5.41) is 9.07. The summed E-state index contributed by atoms with van der Waals surface area (Å²) >= 11 is 1.18. The van der Waals surface area contributed by atoms with Gasteiger partial charge in [-0.05, 0) is 25.0 Å². The summed E-state index contributed by atoms with van der Waals surface area (Å²) in [6.45, 7) is 0. The molecule has 28 heavy (non-hydrogen) atoms. The molecule has 0 saturated heterocycles. The van der Waals surface area contributed by atoms with Gasteiger partial charge in [0, 0.05) is 31.0 Å². The van der Waals surface area contributed by atoms with E-state index in [-0.39, 0.29) is 23.2 Å². The molecule has 11 heteroatoms. The minimum atomic E-state index is -0.786. The number of ketones is 1. The second-order valence-corrected chi connectivity index (χ2v) is 7.38. The van der Waals surface area contributed by atoms with Gasteiger partial charge < -0.3 is 5.73 Å². The second-order valence-electron chi connectivity index (χ2n) is 6.44. The Bertz CT molecular complexity index is 1160. The van der Waals surface area contributed by atoms with Crippen molar-refractivity contribution < 1.29 is 4.79 Å². The minimum absolute atomic E-state index is 0.0522. The van der Waals surface area contributed by atoms with Gasteiger partial charge in [0.25, 0.3) is 5.56 Å². The second kappa shape index (κ2) is 7.08. The van der Waals surface area contributed by atoms with Gasteiger partial charge in [-0.1, -0.05) is 11.8 Å². The van der Waals surface area contributed by atoms with Crippen molar-refractivity contribution in [3.05, 3.63) is 50.9 Å². The number of nitrogens with two attached hydrogens (primary N) is 1. The number of H-pyrrole nitrogens is 1. The first-order valence-electron chi connectivity index (χ1n) is 8.57. The van der Waals surface area contributed by atoms with Gasteiger partial charge in [-0.2, -0.15) is 0 Å².